The second kappa shape index (κ2) is 7.20. The van der Waals surface area contributed by atoms with Gasteiger partial charge in [0.2, 0.25) is 15.9 Å². The standard InChI is InChI=1S/C14H19N3O3S/c1-12(9-10-15)17(3)14(18)11-16(2)21(19,20)13-7-5-4-6-8-13/h4-8,12H,9,11H2,1-3H3. The smallest absolute Gasteiger partial charge is 0.243 e. The van der Waals surface area contributed by atoms with Gasteiger partial charge in [0.1, 0.15) is 0 Å². The van der Waals surface area contributed by atoms with Gasteiger partial charge in [0, 0.05) is 20.1 Å². The first-order valence-corrected chi connectivity index (χ1v) is 7.88. The Bertz CT molecular complexity index is 623. The summed E-state index contributed by atoms with van der Waals surface area (Å²) in [4.78, 5) is 13.6. The number of likely N-dealkylation sites (N-methyl/N-ethyl adjacent to an activating group) is 2. The number of benzene rings is 1. The molecule has 21 heavy (non-hydrogen) atoms. The van der Waals surface area contributed by atoms with Gasteiger partial charge in [-0.3, -0.25) is 4.79 Å². The monoisotopic (exact) mass is 309 g/mol. The van der Waals surface area contributed by atoms with Gasteiger partial charge in [-0.1, -0.05) is 18.2 Å². The van der Waals surface area contributed by atoms with Crippen molar-refractivity contribution in [1.29, 1.82) is 5.26 Å². The SMILES string of the molecule is CC(CC#N)N(C)C(=O)CN(C)S(=O)(=O)c1ccccc1. The number of hydrogen-bond acceptors (Lipinski definition) is 4. The van der Waals surface area contributed by atoms with Gasteiger partial charge in [0.05, 0.1) is 23.9 Å². The van der Waals surface area contributed by atoms with E-state index in [1.54, 1.807) is 32.2 Å². The van der Waals surface area contributed by atoms with Crippen LogP contribution in [0.2, 0.25) is 0 Å². The Hall–Kier alpha value is -1.91. The molecular weight excluding hydrogens is 290 g/mol. The molecule has 114 valence electrons. The summed E-state index contributed by atoms with van der Waals surface area (Å²) in [7, 11) is -0.758. The first kappa shape index (κ1) is 17.1. The summed E-state index contributed by atoms with van der Waals surface area (Å²) < 4.78 is 25.6. The van der Waals surface area contributed by atoms with Crippen molar-refractivity contribution in [2.45, 2.75) is 24.3 Å². The normalized spacial score (nSPS) is 12.7. The van der Waals surface area contributed by atoms with Crippen molar-refractivity contribution in [3.8, 4) is 6.07 Å². The van der Waals surface area contributed by atoms with E-state index in [1.807, 2.05) is 6.07 Å². The highest BCUT2D eigenvalue weighted by molar-refractivity contribution is 7.89. The minimum atomic E-state index is -3.68. The van der Waals surface area contributed by atoms with E-state index in [1.165, 1.54) is 24.1 Å². The van der Waals surface area contributed by atoms with E-state index in [0.29, 0.717) is 0 Å². The largest absolute Gasteiger partial charge is 0.341 e. The van der Waals surface area contributed by atoms with Gasteiger partial charge in [-0.15, -0.1) is 0 Å². The highest BCUT2D eigenvalue weighted by Crippen LogP contribution is 2.13. The fourth-order valence-electron chi connectivity index (χ4n) is 1.67. The van der Waals surface area contributed by atoms with E-state index in [0.717, 1.165) is 4.31 Å². The molecule has 1 aromatic carbocycles. The molecule has 6 nitrogen and oxygen atoms in total. The summed E-state index contributed by atoms with van der Waals surface area (Å²) >= 11 is 0. The summed E-state index contributed by atoms with van der Waals surface area (Å²) in [5.41, 5.74) is 0. The minimum Gasteiger partial charge on any atom is -0.341 e. The second-order valence-corrected chi connectivity index (χ2v) is 6.83. The maximum atomic E-state index is 12.3. The molecule has 0 aliphatic rings. The van der Waals surface area contributed by atoms with Crippen LogP contribution in [0.5, 0.6) is 0 Å². The van der Waals surface area contributed by atoms with Crippen LogP contribution in [-0.2, 0) is 14.8 Å². The van der Waals surface area contributed by atoms with Crippen LogP contribution in [0, 0.1) is 11.3 Å². The average Bonchev–Trinajstić information content (AvgIpc) is 2.47. The quantitative estimate of drug-likeness (QED) is 0.787. The molecule has 0 fully saturated rings. The number of rotatable bonds is 6. The van der Waals surface area contributed by atoms with Crippen LogP contribution in [0.25, 0.3) is 0 Å². The lowest BCUT2D eigenvalue weighted by Crippen LogP contribution is -2.42. The zero-order valence-corrected chi connectivity index (χ0v) is 13.2. The lowest BCUT2D eigenvalue weighted by atomic mass is 10.2. The molecule has 0 spiro atoms. The molecule has 1 atom stereocenters. The first-order valence-electron chi connectivity index (χ1n) is 6.44. The van der Waals surface area contributed by atoms with E-state index in [4.69, 9.17) is 5.26 Å². The number of sulfonamides is 1. The third kappa shape index (κ3) is 4.28. The number of carbonyl (C=O) groups excluding carboxylic acids is 1. The summed E-state index contributed by atoms with van der Waals surface area (Å²) in [6, 6.07) is 9.68. The van der Waals surface area contributed by atoms with Gasteiger partial charge >= 0.3 is 0 Å². The number of nitrogens with zero attached hydrogens (tertiary/aromatic N) is 3. The number of amides is 1. The Balaban J connectivity index is 2.80. The summed E-state index contributed by atoms with van der Waals surface area (Å²) in [6.45, 7) is 1.48. The molecular formula is C14H19N3O3S. The highest BCUT2D eigenvalue weighted by Gasteiger charge is 2.25. The van der Waals surface area contributed by atoms with Gasteiger partial charge in [0.15, 0.2) is 0 Å². The topological polar surface area (TPSA) is 81.5 Å². The molecule has 0 aliphatic heterocycles. The molecule has 0 saturated carbocycles. The Morgan fingerprint density at radius 1 is 1.29 bits per heavy atom. The van der Waals surface area contributed by atoms with Crippen molar-refractivity contribution in [2.75, 3.05) is 20.6 Å². The Morgan fingerprint density at radius 2 is 1.86 bits per heavy atom. The van der Waals surface area contributed by atoms with Gasteiger partial charge in [-0.2, -0.15) is 9.57 Å². The van der Waals surface area contributed by atoms with E-state index >= 15 is 0 Å². The maximum absolute atomic E-state index is 12.3. The van der Waals surface area contributed by atoms with Crippen molar-refractivity contribution in [1.82, 2.24) is 9.21 Å². The number of carbonyl (C=O) groups is 1. The molecule has 0 N–H and O–H groups in total. The fraction of sp³-hybridized carbons (Fsp3) is 0.429. The highest BCUT2D eigenvalue weighted by atomic mass is 32.2. The van der Waals surface area contributed by atoms with E-state index in [2.05, 4.69) is 0 Å². The van der Waals surface area contributed by atoms with E-state index in [-0.39, 0.29) is 29.8 Å². The Kier molecular flexibility index (Phi) is 5.88. The van der Waals surface area contributed by atoms with E-state index < -0.39 is 10.0 Å². The van der Waals surface area contributed by atoms with Crippen LogP contribution in [0.1, 0.15) is 13.3 Å². The average molecular weight is 309 g/mol. The van der Waals surface area contributed by atoms with Gasteiger partial charge in [-0.25, -0.2) is 8.42 Å². The zero-order valence-electron chi connectivity index (χ0n) is 12.4. The zero-order chi connectivity index (χ0) is 16.0. The molecule has 1 rings (SSSR count). The van der Waals surface area contributed by atoms with Crippen LogP contribution < -0.4 is 0 Å². The van der Waals surface area contributed by atoms with Gasteiger partial charge in [-0.05, 0) is 19.1 Å². The molecule has 1 unspecified atom stereocenters. The molecule has 0 aliphatic carbocycles. The molecule has 0 saturated heterocycles. The van der Waals surface area contributed by atoms with Crippen LogP contribution >= 0.6 is 0 Å². The van der Waals surface area contributed by atoms with Gasteiger partial charge < -0.3 is 4.90 Å². The summed E-state index contributed by atoms with van der Waals surface area (Å²) in [5, 5.41) is 8.63. The number of nitriles is 1. The summed E-state index contributed by atoms with van der Waals surface area (Å²) in [6.07, 6.45) is 0.206. The molecule has 7 heteroatoms. The lowest BCUT2D eigenvalue weighted by Gasteiger charge is -2.25. The predicted octanol–water partition coefficient (Wildman–Crippen LogP) is 1.07. The van der Waals surface area contributed by atoms with Crippen LogP contribution in [0.4, 0.5) is 0 Å². The first-order chi connectivity index (χ1) is 9.80. The van der Waals surface area contributed by atoms with Crippen molar-refractivity contribution >= 4 is 15.9 Å². The Morgan fingerprint density at radius 3 is 2.38 bits per heavy atom. The van der Waals surface area contributed by atoms with Crippen LogP contribution in [-0.4, -0.2) is 50.2 Å². The second-order valence-electron chi connectivity index (χ2n) is 4.79. The molecule has 1 aromatic rings. The molecule has 0 bridgehead atoms. The maximum Gasteiger partial charge on any atom is 0.243 e. The molecule has 1 amide bonds. The minimum absolute atomic E-state index is 0.146. The number of hydrogen-bond donors (Lipinski definition) is 0. The fourth-order valence-corrected chi connectivity index (χ4v) is 2.82. The van der Waals surface area contributed by atoms with Crippen molar-refractivity contribution in [3.05, 3.63) is 30.3 Å². The van der Waals surface area contributed by atoms with Crippen LogP contribution in [0.3, 0.4) is 0 Å². The van der Waals surface area contributed by atoms with Crippen molar-refractivity contribution in [3.63, 3.8) is 0 Å². The van der Waals surface area contributed by atoms with Crippen molar-refractivity contribution in [2.24, 2.45) is 0 Å². The van der Waals surface area contributed by atoms with Gasteiger partial charge in [0.25, 0.3) is 0 Å². The lowest BCUT2D eigenvalue weighted by molar-refractivity contribution is -0.131. The molecule has 0 heterocycles. The molecule has 0 radical (unpaired) electrons. The summed E-state index contributed by atoms with van der Waals surface area (Å²) in [5.74, 6) is -0.347. The van der Waals surface area contributed by atoms with Crippen molar-refractivity contribution < 1.29 is 13.2 Å². The van der Waals surface area contributed by atoms with E-state index in [9.17, 15) is 13.2 Å². The predicted molar refractivity (Wildman–Crippen MR) is 78.7 cm³/mol. The Labute approximate surface area is 125 Å². The third-order valence-electron chi connectivity index (χ3n) is 3.25. The van der Waals surface area contributed by atoms with Crippen LogP contribution in [0.15, 0.2) is 35.2 Å². The molecule has 0 aromatic heterocycles. The third-order valence-corrected chi connectivity index (χ3v) is 5.07.